The summed E-state index contributed by atoms with van der Waals surface area (Å²) in [5, 5.41) is 0.644. The third-order valence-electron chi connectivity index (χ3n) is 2.23. The Morgan fingerprint density at radius 2 is 2.00 bits per heavy atom. The minimum absolute atomic E-state index is 0.339. The van der Waals surface area contributed by atoms with Crippen LogP contribution in [0, 0.1) is 0 Å². The maximum Gasteiger partial charge on any atom is 0.322 e. The average Bonchev–Trinajstić information content (AvgIpc) is 2.32. The molecule has 0 spiro atoms. The minimum Gasteiger partial charge on any atom is -0.465 e. The van der Waals surface area contributed by atoms with Crippen LogP contribution < -0.4 is 0 Å². The zero-order valence-corrected chi connectivity index (χ0v) is 12.0. The molecule has 2 atom stereocenters. The Kier molecular flexibility index (Phi) is 5.95. The van der Waals surface area contributed by atoms with Crippen molar-refractivity contribution in [3.05, 3.63) is 34.9 Å². The van der Waals surface area contributed by atoms with Crippen molar-refractivity contribution < 1.29 is 14.3 Å². The van der Waals surface area contributed by atoms with E-state index >= 15 is 0 Å². The van der Waals surface area contributed by atoms with Crippen molar-refractivity contribution in [1.82, 2.24) is 0 Å². The third kappa shape index (κ3) is 3.98. The quantitative estimate of drug-likeness (QED) is 0.616. The number of benzene rings is 1. The standard InChI is InChI=1S/C12H14BrClO3/c1-3-17-12(15)10(13)11(16-2)8-4-6-9(14)7-5-8/h4-7,10-11H,3H2,1-2H3/t10-,11-/m1/s1. The molecule has 0 saturated heterocycles. The minimum atomic E-state index is -0.534. The molecular weight excluding hydrogens is 307 g/mol. The fraction of sp³-hybridized carbons (Fsp3) is 0.417. The summed E-state index contributed by atoms with van der Waals surface area (Å²) in [6.45, 7) is 2.11. The summed E-state index contributed by atoms with van der Waals surface area (Å²) in [6, 6.07) is 7.16. The van der Waals surface area contributed by atoms with Crippen molar-refractivity contribution in [3.63, 3.8) is 0 Å². The maximum absolute atomic E-state index is 11.6. The summed E-state index contributed by atoms with van der Waals surface area (Å²) in [5.41, 5.74) is 0.867. The van der Waals surface area contributed by atoms with Crippen molar-refractivity contribution in [2.24, 2.45) is 0 Å². The summed E-state index contributed by atoms with van der Waals surface area (Å²) in [6.07, 6.45) is -0.397. The lowest BCUT2D eigenvalue weighted by molar-refractivity contribution is -0.144. The van der Waals surface area contributed by atoms with E-state index in [1.54, 1.807) is 26.2 Å². The Balaban J connectivity index is 2.83. The van der Waals surface area contributed by atoms with Gasteiger partial charge in [0, 0.05) is 12.1 Å². The molecule has 5 heteroatoms. The van der Waals surface area contributed by atoms with Crippen LogP contribution >= 0.6 is 27.5 Å². The Morgan fingerprint density at radius 1 is 1.41 bits per heavy atom. The summed E-state index contributed by atoms with van der Waals surface area (Å²) >= 11 is 9.10. The first kappa shape index (κ1) is 14.5. The second kappa shape index (κ2) is 6.99. The van der Waals surface area contributed by atoms with E-state index in [-0.39, 0.29) is 5.97 Å². The predicted octanol–water partition coefficient (Wildman–Crippen LogP) is 3.35. The Labute approximate surface area is 114 Å². The first-order valence-electron chi connectivity index (χ1n) is 5.19. The Bertz CT molecular complexity index is 367. The lowest BCUT2D eigenvalue weighted by Crippen LogP contribution is -2.25. The van der Waals surface area contributed by atoms with Gasteiger partial charge in [0.2, 0.25) is 0 Å². The van der Waals surface area contributed by atoms with Crippen LogP contribution in [-0.4, -0.2) is 24.5 Å². The monoisotopic (exact) mass is 320 g/mol. The normalized spacial score (nSPS) is 14.1. The number of esters is 1. The molecule has 1 aromatic rings. The number of carbonyl (C=O) groups is 1. The number of hydrogen-bond donors (Lipinski definition) is 0. The van der Waals surface area contributed by atoms with Crippen molar-refractivity contribution in [3.8, 4) is 0 Å². The van der Waals surface area contributed by atoms with E-state index < -0.39 is 10.9 Å². The fourth-order valence-corrected chi connectivity index (χ4v) is 2.20. The molecule has 1 aromatic carbocycles. The van der Waals surface area contributed by atoms with Crippen LogP contribution in [0.15, 0.2) is 24.3 Å². The molecule has 0 bridgehead atoms. The van der Waals surface area contributed by atoms with E-state index in [0.717, 1.165) is 5.56 Å². The summed E-state index contributed by atoms with van der Waals surface area (Å²) in [5.74, 6) is -0.339. The van der Waals surface area contributed by atoms with E-state index in [4.69, 9.17) is 21.1 Å². The topological polar surface area (TPSA) is 35.5 Å². The number of rotatable bonds is 5. The molecule has 0 amide bonds. The van der Waals surface area contributed by atoms with E-state index in [1.165, 1.54) is 0 Å². The van der Waals surface area contributed by atoms with Crippen molar-refractivity contribution >= 4 is 33.5 Å². The number of halogens is 2. The van der Waals surface area contributed by atoms with Gasteiger partial charge in [-0.25, -0.2) is 0 Å². The van der Waals surface area contributed by atoms with Gasteiger partial charge in [-0.3, -0.25) is 4.79 Å². The smallest absolute Gasteiger partial charge is 0.322 e. The van der Waals surface area contributed by atoms with Crippen LogP contribution in [0.5, 0.6) is 0 Å². The number of alkyl halides is 1. The van der Waals surface area contributed by atoms with Gasteiger partial charge in [0.25, 0.3) is 0 Å². The number of hydrogen-bond acceptors (Lipinski definition) is 3. The summed E-state index contributed by atoms with van der Waals surface area (Å²) < 4.78 is 10.3. The molecule has 17 heavy (non-hydrogen) atoms. The van der Waals surface area contributed by atoms with Gasteiger partial charge in [-0.1, -0.05) is 39.7 Å². The van der Waals surface area contributed by atoms with Gasteiger partial charge < -0.3 is 9.47 Å². The molecule has 0 unspecified atom stereocenters. The van der Waals surface area contributed by atoms with Crippen LogP contribution in [0.2, 0.25) is 5.02 Å². The second-order valence-electron chi connectivity index (χ2n) is 3.36. The molecule has 0 aliphatic carbocycles. The number of ether oxygens (including phenoxy) is 2. The molecule has 0 heterocycles. The van der Waals surface area contributed by atoms with Gasteiger partial charge in [0.05, 0.1) is 6.61 Å². The van der Waals surface area contributed by atoms with E-state index in [9.17, 15) is 4.79 Å². The summed E-state index contributed by atoms with van der Waals surface area (Å²) in [4.78, 5) is 11.1. The molecular formula is C12H14BrClO3. The van der Waals surface area contributed by atoms with Crippen LogP contribution in [0.1, 0.15) is 18.6 Å². The Morgan fingerprint density at radius 3 is 2.47 bits per heavy atom. The Hall–Kier alpha value is -0.580. The molecule has 0 aromatic heterocycles. The average molecular weight is 322 g/mol. The molecule has 94 valence electrons. The first-order chi connectivity index (χ1) is 8.10. The van der Waals surface area contributed by atoms with Gasteiger partial charge >= 0.3 is 5.97 Å². The molecule has 0 aliphatic heterocycles. The SMILES string of the molecule is CCOC(=O)[C@H](Br)[C@H](OC)c1ccc(Cl)cc1. The molecule has 0 fully saturated rings. The molecule has 0 aliphatic rings. The van der Waals surface area contributed by atoms with Crippen LogP contribution in [-0.2, 0) is 14.3 Å². The zero-order valence-electron chi connectivity index (χ0n) is 9.65. The fourth-order valence-electron chi connectivity index (χ4n) is 1.42. The third-order valence-corrected chi connectivity index (χ3v) is 3.34. The largest absolute Gasteiger partial charge is 0.465 e. The highest BCUT2D eigenvalue weighted by Gasteiger charge is 2.28. The lowest BCUT2D eigenvalue weighted by Gasteiger charge is -2.20. The maximum atomic E-state index is 11.6. The molecule has 0 radical (unpaired) electrons. The van der Waals surface area contributed by atoms with Gasteiger partial charge in [-0.15, -0.1) is 0 Å². The number of methoxy groups -OCH3 is 1. The van der Waals surface area contributed by atoms with Gasteiger partial charge in [-0.2, -0.15) is 0 Å². The van der Waals surface area contributed by atoms with Crippen LogP contribution in [0.3, 0.4) is 0 Å². The van der Waals surface area contributed by atoms with E-state index in [2.05, 4.69) is 15.9 Å². The van der Waals surface area contributed by atoms with Gasteiger partial charge in [0.15, 0.2) is 0 Å². The highest BCUT2D eigenvalue weighted by Crippen LogP contribution is 2.27. The highest BCUT2D eigenvalue weighted by molar-refractivity contribution is 9.10. The molecule has 0 saturated carbocycles. The first-order valence-corrected chi connectivity index (χ1v) is 6.48. The number of carbonyl (C=O) groups excluding carboxylic acids is 1. The van der Waals surface area contributed by atoms with E-state index in [1.807, 2.05) is 12.1 Å². The summed E-state index contributed by atoms with van der Waals surface area (Å²) in [7, 11) is 1.55. The van der Waals surface area contributed by atoms with Crippen molar-refractivity contribution in [2.45, 2.75) is 17.9 Å². The van der Waals surface area contributed by atoms with Crippen molar-refractivity contribution in [2.75, 3.05) is 13.7 Å². The van der Waals surface area contributed by atoms with Crippen LogP contribution in [0.25, 0.3) is 0 Å². The van der Waals surface area contributed by atoms with Gasteiger partial charge in [-0.05, 0) is 24.6 Å². The molecule has 1 rings (SSSR count). The highest BCUT2D eigenvalue weighted by atomic mass is 79.9. The zero-order chi connectivity index (χ0) is 12.8. The van der Waals surface area contributed by atoms with Crippen molar-refractivity contribution in [1.29, 1.82) is 0 Å². The molecule has 3 nitrogen and oxygen atoms in total. The van der Waals surface area contributed by atoms with Crippen LogP contribution in [0.4, 0.5) is 0 Å². The van der Waals surface area contributed by atoms with E-state index in [0.29, 0.717) is 11.6 Å². The second-order valence-corrected chi connectivity index (χ2v) is 4.78. The van der Waals surface area contributed by atoms with Gasteiger partial charge in [0.1, 0.15) is 10.9 Å². The predicted molar refractivity (Wildman–Crippen MR) is 70.6 cm³/mol. The lowest BCUT2D eigenvalue weighted by atomic mass is 10.1. The molecule has 0 N–H and O–H groups in total.